The Hall–Kier alpha value is -1.39. The van der Waals surface area contributed by atoms with Crippen LogP contribution >= 0.6 is 0 Å². The van der Waals surface area contributed by atoms with E-state index < -0.39 is 5.54 Å². The Bertz CT molecular complexity index is 401. The number of carbonyl (C=O) groups is 1. The molecular formula is C14H24N2O3. The van der Waals surface area contributed by atoms with Crippen LogP contribution in [0.25, 0.3) is 0 Å². The van der Waals surface area contributed by atoms with Crippen LogP contribution in [0.3, 0.4) is 0 Å². The largest absolute Gasteiger partial charge is 0.483 e. The lowest BCUT2D eigenvalue weighted by Gasteiger charge is -2.33. The van der Waals surface area contributed by atoms with Crippen molar-refractivity contribution in [3.63, 3.8) is 0 Å². The van der Waals surface area contributed by atoms with Crippen LogP contribution in [0.4, 0.5) is 0 Å². The SMILES string of the molecule is COC1=N[C@@](C)(CCC(C)=O)C(OC)=N[C@@H]1C(C)C. The van der Waals surface area contributed by atoms with Gasteiger partial charge in [-0.2, -0.15) is 0 Å². The van der Waals surface area contributed by atoms with Gasteiger partial charge in [0.1, 0.15) is 17.4 Å². The highest BCUT2D eigenvalue weighted by Gasteiger charge is 2.39. The zero-order valence-electron chi connectivity index (χ0n) is 12.7. The van der Waals surface area contributed by atoms with E-state index in [-0.39, 0.29) is 17.7 Å². The molecule has 1 heterocycles. The molecule has 0 aliphatic carbocycles. The fourth-order valence-corrected chi connectivity index (χ4v) is 2.13. The Morgan fingerprint density at radius 2 is 2.00 bits per heavy atom. The van der Waals surface area contributed by atoms with Crippen molar-refractivity contribution < 1.29 is 14.3 Å². The van der Waals surface area contributed by atoms with Crippen molar-refractivity contribution in [1.29, 1.82) is 0 Å². The molecule has 0 aromatic heterocycles. The molecule has 0 unspecified atom stereocenters. The molecule has 5 heteroatoms. The van der Waals surface area contributed by atoms with Crippen LogP contribution in [0, 0.1) is 5.92 Å². The summed E-state index contributed by atoms with van der Waals surface area (Å²) in [6.07, 6.45) is 1.03. The molecule has 0 radical (unpaired) electrons. The Morgan fingerprint density at radius 1 is 1.37 bits per heavy atom. The molecule has 0 aromatic carbocycles. The van der Waals surface area contributed by atoms with E-state index >= 15 is 0 Å². The second-order valence-corrected chi connectivity index (χ2v) is 5.46. The highest BCUT2D eigenvalue weighted by atomic mass is 16.5. The Balaban J connectivity index is 3.06. The van der Waals surface area contributed by atoms with Crippen LogP contribution in [-0.2, 0) is 14.3 Å². The lowest BCUT2D eigenvalue weighted by molar-refractivity contribution is -0.117. The minimum Gasteiger partial charge on any atom is -0.483 e. The van der Waals surface area contributed by atoms with Crippen LogP contribution in [-0.4, -0.2) is 43.4 Å². The molecule has 0 saturated carbocycles. The zero-order valence-corrected chi connectivity index (χ0v) is 12.7. The molecule has 5 nitrogen and oxygen atoms in total. The van der Waals surface area contributed by atoms with Crippen LogP contribution < -0.4 is 0 Å². The van der Waals surface area contributed by atoms with Crippen molar-refractivity contribution in [2.75, 3.05) is 14.2 Å². The molecule has 108 valence electrons. The van der Waals surface area contributed by atoms with E-state index in [1.165, 1.54) is 0 Å². The normalized spacial score (nSPS) is 26.8. The first-order chi connectivity index (χ1) is 8.84. The molecule has 19 heavy (non-hydrogen) atoms. The molecule has 0 saturated heterocycles. The summed E-state index contributed by atoms with van der Waals surface area (Å²) in [4.78, 5) is 20.4. The minimum absolute atomic E-state index is 0.120. The molecule has 0 spiro atoms. The highest BCUT2D eigenvalue weighted by molar-refractivity contribution is 5.96. The monoisotopic (exact) mass is 268 g/mol. The summed E-state index contributed by atoms with van der Waals surface area (Å²) in [7, 11) is 3.20. The minimum atomic E-state index is -0.614. The van der Waals surface area contributed by atoms with Crippen molar-refractivity contribution in [3.05, 3.63) is 0 Å². The fourth-order valence-electron chi connectivity index (χ4n) is 2.13. The second kappa shape index (κ2) is 6.17. The molecule has 0 N–H and O–H groups in total. The smallest absolute Gasteiger partial charge is 0.212 e. The van der Waals surface area contributed by atoms with Gasteiger partial charge in [-0.25, -0.2) is 9.98 Å². The number of ketones is 1. The summed E-state index contributed by atoms with van der Waals surface area (Å²) < 4.78 is 10.8. The molecule has 1 aliphatic heterocycles. The topological polar surface area (TPSA) is 60.2 Å². The number of ether oxygens (including phenoxy) is 2. The van der Waals surface area contributed by atoms with E-state index in [9.17, 15) is 4.79 Å². The van der Waals surface area contributed by atoms with Crippen molar-refractivity contribution in [1.82, 2.24) is 0 Å². The third-order valence-corrected chi connectivity index (χ3v) is 3.32. The van der Waals surface area contributed by atoms with Crippen molar-refractivity contribution in [2.24, 2.45) is 15.9 Å². The Morgan fingerprint density at radius 3 is 2.42 bits per heavy atom. The summed E-state index contributed by atoms with van der Waals surface area (Å²) in [5.74, 6) is 1.60. The molecule has 2 atom stereocenters. The van der Waals surface area contributed by atoms with Gasteiger partial charge in [0.15, 0.2) is 0 Å². The Labute approximate surface area is 115 Å². The van der Waals surface area contributed by atoms with E-state index in [0.717, 1.165) is 0 Å². The van der Waals surface area contributed by atoms with Gasteiger partial charge < -0.3 is 14.3 Å². The molecule has 0 aromatic rings. The average Bonchev–Trinajstić information content (AvgIpc) is 2.35. The maximum Gasteiger partial charge on any atom is 0.212 e. The zero-order chi connectivity index (χ0) is 14.6. The number of aliphatic imine (C=N–C) groups is 2. The second-order valence-electron chi connectivity index (χ2n) is 5.46. The number of hydrogen-bond acceptors (Lipinski definition) is 5. The number of hydrogen-bond donors (Lipinski definition) is 0. The number of Topliss-reactive ketones (excluding diaryl/α,β-unsaturated/α-hetero) is 1. The van der Waals surface area contributed by atoms with E-state index in [2.05, 4.69) is 23.8 Å². The van der Waals surface area contributed by atoms with Gasteiger partial charge in [-0.1, -0.05) is 13.8 Å². The number of rotatable bonds is 4. The quantitative estimate of drug-likeness (QED) is 0.785. The van der Waals surface area contributed by atoms with Gasteiger partial charge in [0.05, 0.1) is 14.2 Å². The van der Waals surface area contributed by atoms with Crippen molar-refractivity contribution in [3.8, 4) is 0 Å². The van der Waals surface area contributed by atoms with Gasteiger partial charge in [-0.3, -0.25) is 0 Å². The van der Waals surface area contributed by atoms with E-state index in [0.29, 0.717) is 24.6 Å². The van der Waals surface area contributed by atoms with E-state index in [1.54, 1.807) is 21.1 Å². The highest BCUT2D eigenvalue weighted by Crippen LogP contribution is 2.28. The van der Waals surface area contributed by atoms with Gasteiger partial charge in [0, 0.05) is 6.42 Å². The summed E-state index contributed by atoms with van der Waals surface area (Å²) >= 11 is 0. The number of methoxy groups -OCH3 is 2. The molecule has 0 bridgehead atoms. The predicted molar refractivity (Wildman–Crippen MR) is 75.8 cm³/mol. The first kappa shape index (κ1) is 15.7. The van der Waals surface area contributed by atoms with Crippen LogP contribution in [0.2, 0.25) is 0 Å². The number of carbonyl (C=O) groups excluding carboxylic acids is 1. The lowest BCUT2D eigenvalue weighted by atomic mass is 9.92. The first-order valence-electron chi connectivity index (χ1n) is 6.59. The van der Waals surface area contributed by atoms with Crippen molar-refractivity contribution in [2.45, 2.75) is 52.1 Å². The molecule has 1 rings (SSSR count). The average molecular weight is 268 g/mol. The molecule has 0 amide bonds. The van der Waals surface area contributed by atoms with Gasteiger partial charge in [0.2, 0.25) is 11.8 Å². The number of nitrogens with zero attached hydrogens (tertiary/aromatic N) is 2. The third-order valence-electron chi connectivity index (χ3n) is 3.32. The van der Waals surface area contributed by atoms with Gasteiger partial charge in [0.25, 0.3) is 0 Å². The summed E-state index contributed by atoms with van der Waals surface area (Å²) in [5, 5.41) is 0. The van der Waals surface area contributed by atoms with Crippen LogP contribution in [0.15, 0.2) is 9.98 Å². The lowest BCUT2D eigenvalue weighted by Crippen LogP contribution is -2.44. The maximum absolute atomic E-state index is 11.2. The van der Waals surface area contributed by atoms with Crippen LogP contribution in [0.1, 0.15) is 40.5 Å². The summed E-state index contributed by atoms with van der Waals surface area (Å²) in [5.41, 5.74) is -0.614. The fraction of sp³-hybridized carbons (Fsp3) is 0.786. The van der Waals surface area contributed by atoms with Crippen LogP contribution in [0.5, 0.6) is 0 Å². The third kappa shape index (κ3) is 3.55. The predicted octanol–water partition coefficient (Wildman–Crippen LogP) is 2.24. The van der Waals surface area contributed by atoms with Gasteiger partial charge in [-0.05, 0) is 26.2 Å². The molecular weight excluding hydrogens is 244 g/mol. The van der Waals surface area contributed by atoms with Gasteiger partial charge in [-0.15, -0.1) is 0 Å². The maximum atomic E-state index is 11.2. The van der Waals surface area contributed by atoms with E-state index in [4.69, 9.17) is 9.47 Å². The summed E-state index contributed by atoms with van der Waals surface area (Å²) in [6, 6.07) is -0.120. The summed E-state index contributed by atoms with van der Waals surface area (Å²) in [6.45, 7) is 7.63. The van der Waals surface area contributed by atoms with Crippen molar-refractivity contribution >= 4 is 17.6 Å². The molecule has 0 fully saturated rings. The standard InChI is InChI=1S/C14H24N2O3/c1-9(2)11-12(18-5)16-14(4,8-7-10(3)17)13(15-11)19-6/h9,11H,7-8H2,1-6H3/t11-,14+/m1/s1. The Kier molecular flexibility index (Phi) is 5.09. The first-order valence-corrected chi connectivity index (χ1v) is 6.59. The van der Waals surface area contributed by atoms with E-state index in [1.807, 2.05) is 6.92 Å². The molecule has 1 aliphatic rings. The van der Waals surface area contributed by atoms with Gasteiger partial charge >= 0.3 is 0 Å².